The van der Waals surface area contributed by atoms with E-state index in [9.17, 15) is 4.79 Å². The van der Waals surface area contributed by atoms with Gasteiger partial charge in [-0.05, 0) is 51.5 Å². The molecule has 0 bridgehead atoms. The number of nitrogens with zero attached hydrogens (tertiary/aromatic N) is 3. The highest BCUT2D eigenvalue weighted by molar-refractivity contribution is 6.31. The third kappa shape index (κ3) is 4.39. The van der Waals surface area contributed by atoms with Gasteiger partial charge in [-0.3, -0.25) is 4.79 Å². The summed E-state index contributed by atoms with van der Waals surface area (Å²) in [6, 6.07) is 5.39. The Morgan fingerprint density at radius 2 is 1.92 bits per heavy atom. The normalized spacial score (nSPS) is 10.6. The minimum absolute atomic E-state index is 0.117. The second-order valence-electron chi connectivity index (χ2n) is 5.67. The van der Waals surface area contributed by atoms with Crippen molar-refractivity contribution >= 4 is 23.5 Å². The maximum absolute atomic E-state index is 12.8. The number of hydrogen-bond donors (Lipinski definition) is 1. The number of nitrogen functional groups attached to an aromatic ring is 1. The van der Waals surface area contributed by atoms with E-state index in [0.717, 1.165) is 5.56 Å². The molecule has 1 heterocycles. The summed E-state index contributed by atoms with van der Waals surface area (Å²) in [7, 11) is 0. The molecule has 1 aromatic heterocycles. The molecule has 0 saturated heterocycles. The van der Waals surface area contributed by atoms with Gasteiger partial charge in [0.05, 0.1) is 17.0 Å². The molecule has 1 aromatic carbocycles. The first-order valence-corrected chi connectivity index (χ1v) is 8.56. The Morgan fingerprint density at radius 3 is 2.52 bits per heavy atom. The number of carbonyl (C=O) groups excluding carboxylic acids is 1. The van der Waals surface area contributed by atoms with Crippen LogP contribution in [0, 0.1) is 13.8 Å². The SMILES string of the molecule is CCN(CC)C(=O)c1c(C)nc(N)nc1COc1ccc(Cl)c(C)c1. The summed E-state index contributed by atoms with van der Waals surface area (Å²) >= 11 is 6.03. The first kappa shape index (κ1) is 19.0. The molecular formula is C18H23ClN4O2. The first-order valence-electron chi connectivity index (χ1n) is 8.18. The molecule has 1 amide bonds. The zero-order chi connectivity index (χ0) is 18.6. The van der Waals surface area contributed by atoms with Crippen LogP contribution in [0.15, 0.2) is 18.2 Å². The Kier molecular flexibility index (Phi) is 6.20. The molecule has 0 saturated carbocycles. The van der Waals surface area contributed by atoms with Gasteiger partial charge in [0.2, 0.25) is 5.95 Å². The highest BCUT2D eigenvalue weighted by Crippen LogP contribution is 2.23. The zero-order valence-electron chi connectivity index (χ0n) is 15.0. The third-order valence-electron chi connectivity index (χ3n) is 3.95. The lowest BCUT2D eigenvalue weighted by molar-refractivity contribution is 0.0768. The Labute approximate surface area is 153 Å². The second-order valence-corrected chi connectivity index (χ2v) is 6.07. The van der Waals surface area contributed by atoms with Crippen molar-refractivity contribution < 1.29 is 9.53 Å². The molecule has 0 radical (unpaired) electrons. The van der Waals surface area contributed by atoms with Crippen molar-refractivity contribution in [2.24, 2.45) is 0 Å². The van der Waals surface area contributed by atoms with Crippen molar-refractivity contribution in [1.82, 2.24) is 14.9 Å². The van der Waals surface area contributed by atoms with Crippen LogP contribution in [0.1, 0.15) is 41.2 Å². The van der Waals surface area contributed by atoms with Gasteiger partial charge >= 0.3 is 0 Å². The van der Waals surface area contributed by atoms with E-state index >= 15 is 0 Å². The quantitative estimate of drug-likeness (QED) is 0.851. The molecule has 134 valence electrons. The lowest BCUT2D eigenvalue weighted by Crippen LogP contribution is -2.32. The summed E-state index contributed by atoms with van der Waals surface area (Å²) in [5.74, 6) is 0.658. The van der Waals surface area contributed by atoms with Gasteiger partial charge in [0.15, 0.2) is 0 Å². The number of nitrogens with two attached hydrogens (primary N) is 1. The van der Waals surface area contributed by atoms with Crippen LogP contribution in [0.25, 0.3) is 0 Å². The van der Waals surface area contributed by atoms with Gasteiger partial charge in [-0.25, -0.2) is 9.97 Å². The topological polar surface area (TPSA) is 81.3 Å². The van der Waals surface area contributed by atoms with Crippen LogP contribution < -0.4 is 10.5 Å². The van der Waals surface area contributed by atoms with E-state index in [2.05, 4.69) is 9.97 Å². The number of aryl methyl sites for hydroxylation is 2. The zero-order valence-corrected chi connectivity index (χ0v) is 15.7. The molecule has 25 heavy (non-hydrogen) atoms. The fraction of sp³-hybridized carbons (Fsp3) is 0.389. The molecule has 0 atom stereocenters. The van der Waals surface area contributed by atoms with E-state index < -0.39 is 0 Å². The van der Waals surface area contributed by atoms with Crippen molar-refractivity contribution in [3.05, 3.63) is 45.7 Å². The summed E-state index contributed by atoms with van der Waals surface area (Å²) in [5, 5.41) is 0.673. The molecule has 0 fully saturated rings. The largest absolute Gasteiger partial charge is 0.487 e. The number of carbonyl (C=O) groups is 1. The highest BCUT2D eigenvalue weighted by atomic mass is 35.5. The minimum atomic E-state index is -0.117. The van der Waals surface area contributed by atoms with Crippen LogP contribution in [0.2, 0.25) is 5.02 Å². The number of halogens is 1. The lowest BCUT2D eigenvalue weighted by Gasteiger charge is -2.21. The minimum Gasteiger partial charge on any atom is -0.487 e. The van der Waals surface area contributed by atoms with Gasteiger partial charge in [0.25, 0.3) is 5.91 Å². The van der Waals surface area contributed by atoms with Gasteiger partial charge in [-0.2, -0.15) is 0 Å². The van der Waals surface area contributed by atoms with Gasteiger partial charge < -0.3 is 15.4 Å². The number of aromatic nitrogens is 2. The summed E-state index contributed by atoms with van der Waals surface area (Å²) in [6.07, 6.45) is 0. The number of rotatable bonds is 6. The lowest BCUT2D eigenvalue weighted by atomic mass is 10.1. The van der Waals surface area contributed by atoms with Gasteiger partial charge in [0, 0.05) is 18.1 Å². The predicted molar refractivity (Wildman–Crippen MR) is 99.0 cm³/mol. The van der Waals surface area contributed by atoms with E-state index in [0.29, 0.717) is 40.8 Å². The van der Waals surface area contributed by atoms with E-state index in [1.165, 1.54) is 0 Å². The number of amides is 1. The van der Waals surface area contributed by atoms with E-state index in [1.54, 1.807) is 24.0 Å². The fourth-order valence-corrected chi connectivity index (χ4v) is 2.68. The molecule has 2 N–H and O–H groups in total. The smallest absolute Gasteiger partial charge is 0.257 e. The Morgan fingerprint density at radius 1 is 1.24 bits per heavy atom. The number of benzene rings is 1. The highest BCUT2D eigenvalue weighted by Gasteiger charge is 2.22. The van der Waals surface area contributed by atoms with Crippen LogP contribution in [-0.4, -0.2) is 33.9 Å². The van der Waals surface area contributed by atoms with E-state index in [1.807, 2.05) is 26.8 Å². The molecule has 0 spiro atoms. The Balaban J connectivity index is 2.32. The van der Waals surface area contributed by atoms with E-state index in [-0.39, 0.29) is 18.5 Å². The van der Waals surface area contributed by atoms with Crippen molar-refractivity contribution in [3.8, 4) is 5.75 Å². The molecule has 0 aliphatic rings. The average molecular weight is 363 g/mol. The van der Waals surface area contributed by atoms with Crippen LogP contribution >= 0.6 is 11.6 Å². The summed E-state index contributed by atoms with van der Waals surface area (Å²) < 4.78 is 5.80. The van der Waals surface area contributed by atoms with Crippen LogP contribution in [-0.2, 0) is 6.61 Å². The number of anilines is 1. The molecular weight excluding hydrogens is 340 g/mol. The van der Waals surface area contributed by atoms with Crippen molar-refractivity contribution in [2.75, 3.05) is 18.8 Å². The van der Waals surface area contributed by atoms with Crippen LogP contribution in [0.3, 0.4) is 0 Å². The predicted octanol–water partition coefficient (Wildman–Crippen LogP) is 3.39. The Bertz CT molecular complexity index is 776. The summed E-state index contributed by atoms with van der Waals surface area (Å²) in [5.41, 5.74) is 8.16. The van der Waals surface area contributed by atoms with Gasteiger partial charge in [-0.15, -0.1) is 0 Å². The average Bonchev–Trinajstić information content (AvgIpc) is 2.56. The molecule has 7 heteroatoms. The van der Waals surface area contributed by atoms with Gasteiger partial charge in [0.1, 0.15) is 12.4 Å². The summed E-state index contributed by atoms with van der Waals surface area (Å²) in [6.45, 7) is 8.85. The van der Waals surface area contributed by atoms with Crippen molar-refractivity contribution in [2.45, 2.75) is 34.3 Å². The van der Waals surface area contributed by atoms with E-state index in [4.69, 9.17) is 22.1 Å². The van der Waals surface area contributed by atoms with Crippen LogP contribution in [0.4, 0.5) is 5.95 Å². The molecule has 2 aromatic rings. The molecule has 6 nitrogen and oxygen atoms in total. The standard InChI is InChI=1S/C18H23ClN4O2/c1-5-23(6-2)17(24)16-12(4)21-18(20)22-15(16)10-25-13-7-8-14(19)11(3)9-13/h7-9H,5-6,10H2,1-4H3,(H2,20,21,22). The maximum atomic E-state index is 12.8. The molecule has 0 aliphatic carbocycles. The van der Waals surface area contributed by atoms with Crippen LogP contribution in [0.5, 0.6) is 5.75 Å². The summed E-state index contributed by atoms with van der Waals surface area (Å²) in [4.78, 5) is 22.9. The van der Waals surface area contributed by atoms with Gasteiger partial charge in [-0.1, -0.05) is 11.6 Å². The number of hydrogen-bond acceptors (Lipinski definition) is 5. The number of ether oxygens (including phenoxy) is 1. The monoisotopic (exact) mass is 362 g/mol. The molecule has 0 aliphatic heterocycles. The maximum Gasteiger partial charge on any atom is 0.257 e. The first-order chi connectivity index (χ1) is 11.9. The van der Waals surface area contributed by atoms with Crippen molar-refractivity contribution in [1.29, 1.82) is 0 Å². The second kappa shape index (κ2) is 8.16. The van der Waals surface area contributed by atoms with Crippen molar-refractivity contribution in [3.63, 3.8) is 0 Å². The fourth-order valence-electron chi connectivity index (χ4n) is 2.57. The molecule has 0 unspecified atom stereocenters. The molecule has 2 rings (SSSR count). The third-order valence-corrected chi connectivity index (χ3v) is 4.38. The Hall–Kier alpha value is -2.34.